The van der Waals surface area contributed by atoms with Crippen molar-refractivity contribution in [3.63, 3.8) is 0 Å². The number of esters is 1. The summed E-state index contributed by atoms with van der Waals surface area (Å²) in [5.74, 6) is 0.0103. The van der Waals surface area contributed by atoms with Crippen LogP contribution in [0.1, 0.15) is 105 Å². The van der Waals surface area contributed by atoms with E-state index < -0.39 is 5.60 Å². The Morgan fingerprint density at radius 1 is 0.894 bits per heavy atom. The zero-order valence-corrected chi connectivity index (χ0v) is 29.9. The average molecular weight is 643 g/mol. The van der Waals surface area contributed by atoms with Crippen molar-refractivity contribution in [2.45, 2.75) is 111 Å². The molecule has 1 aliphatic carbocycles. The lowest BCUT2D eigenvalue weighted by Gasteiger charge is -2.35. The zero-order chi connectivity index (χ0) is 34.4. The summed E-state index contributed by atoms with van der Waals surface area (Å²) < 4.78 is 12.3. The zero-order valence-electron chi connectivity index (χ0n) is 29.9. The molecule has 2 aromatic rings. The Kier molecular flexibility index (Phi) is 15.4. The number of fused-ring (bicyclic) bond motifs is 1. The molecule has 256 valence electrons. The summed E-state index contributed by atoms with van der Waals surface area (Å²) in [7, 11) is 1.57. The van der Waals surface area contributed by atoms with E-state index in [9.17, 15) is 15.0 Å². The van der Waals surface area contributed by atoms with Crippen LogP contribution < -0.4 is 0 Å². The number of carbonyl (C=O) groups is 1. The van der Waals surface area contributed by atoms with E-state index in [1.165, 1.54) is 22.3 Å². The highest BCUT2D eigenvalue weighted by atomic mass is 16.6. The monoisotopic (exact) mass is 642 g/mol. The predicted molar refractivity (Wildman–Crippen MR) is 195 cm³/mol. The van der Waals surface area contributed by atoms with Crippen LogP contribution in [0.2, 0.25) is 0 Å². The smallest absolute Gasteiger partial charge is 0.343 e. The van der Waals surface area contributed by atoms with Gasteiger partial charge < -0.3 is 19.7 Å². The lowest BCUT2D eigenvalue weighted by Crippen LogP contribution is -2.40. The number of allylic oxidation sites excluding steroid dienone is 7. The Bertz CT molecular complexity index is 1480. The number of ether oxygens (including phenoxy) is 2. The molecule has 0 aromatic heterocycles. The summed E-state index contributed by atoms with van der Waals surface area (Å²) in [6.45, 7) is 12.6. The molecule has 0 aliphatic heterocycles. The first-order chi connectivity index (χ1) is 22.5. The number of hydrogen-bond donors (Lipinski definition) is 2. The van der Waals surface area contributed by atoms with E-state index in [2.05, 4.69) is 45.9 Å². The van der Waals surface area contributed by atoms with Crippen molar-refractivity contribution in [1.29, 1.82) is 0 Å². The van der Waals surface area contributed by atoms with Gasteiger partial charge >= 0.3 is 5.97 Å². The molecule has 5 heteroatoms. The van der Waals surface area contributed by atoms with Crippen LogP contribution in [0.25, 0.3) is 10.8 Å². The van der Waals surface area contributed by atoms with Gasteiger partial charge in [0, 0.05) is 12.7 Å². The topological polar surface area (TPSA) is 76.0 Å². The van der Waals surface area contributed by atoms with Gasteiger partial charge in [-0.2, -0.15) is 0 Å². The quantitative estimate of drug-likeness (QED) is 0.133. The minimum absolute atomic E-state index is 0.0244. The Morgan fingerprint density at radius 3 is 2.30 bits per heavy atom. The summed E-state index contributed by atoms with van der Waals surface area (Å²) in [6.07, 6.45) is 16.4. The maximum absolute atomic E-state index is 14.0. The summed E-state index contributed by atoms with van der Waals surface area (Å²) in [4.78, 5) is 14.0. The third-order valence-electron chi connectivity index (χ3n) is 9.81. The molecule has 47 heavy (non-hydrogen) atoms. The maximum atomic E-state index is 14.0. The molecule has 0 spiro atoms. The second-order valence-electron chi connectivity index (χ2n) is 13.5. The van der Waals surface area contributed by atoms with Gasteiger partial charge in [-0.1, -0.05) is 89.1 Å². The van der Waals surface area contributed by atoms with Gasteiger partial charge in [0.1, 0.15) is 6.10 Å². The van der Waals surface area contributed by atoms with Gasteiger partial charge in [-0.15, -0.1) is 0 Å². The van der Waals surface area contributed by atoms with E-state index in [4.69, 9.17) is 9.47 Å². The molecule has 2 N–H and O–H groups in total. The third-order valence-corrected chi connectivity index (χ3v) is 9.81. The third kappa shape index (κ3) is 10.9. The fourth-order valence-electron chi connectivity index (χ4n) is 6.56. The summed E-state index contributed by atoms with van der Waals surface area (Å²) in [6, 6.07) is 14.0. The minimum atomic E-state index is -1.25. The minimum Gasteiger partial charge on any atom is -0.455 e. The largest absolute Gasteiger partial charge is 0.455 e. The van der Waals surface area contributed by atoms with Crippen LogP contribution in [0.3, 0.4) is 0 Å². The van der Waals surface area contributed by atoms with Gasteiger partial charge in [-0.25, -0.2) is 4.79 Å². The molecule has 0 saturated heterocycles. The van der Waals surface area contributed by atoms with E-state index in [1.807, 2.05) is 62.4 Å². The highest BCUT2D eigenvalue weighted by Crippen LogP contribution is 2.39. The van der Waals surface area contributed by atoms with Crippen molar-refractivity contribution in [2.75, 3.05) is 20.3 Å². The summed E-state index contributed by atoms with van der Waals surface area (Å²) >= 11 is 0. The Labute approximate surface area is 283 Å². The number of methoxy groups -OCH3 is 1. The molecule has 3 rings (SSSR count). The lowest BCUT2D eigenvalue weighted by molar-refractivity contribution is -0.173. The normalized spacial score (nSPS) is 19.1. The van der Waals surface area contributed by atoms with Gasteiger partial charge in [0.2, 0.25) is 0 Å². The van der Waals surface area contributed by atoms with Gasteiger partial charge in [0.05, 0.1) is 13.2 Å². The molecule has 0 radical (unpaired) electrons. The van der Waals surface area contributed by atoms with Crippen molar-refractivity contribution in [3.05, 3.63) is 106 Å². The van der Waals surface area contributed by atoms with Crippen LogP contribution in [-0.4, -0.2) is 42.6 Å². The Balaban J connectivity index is 1.78. The van der Waals surface area contributed by atoms with Crippen molar-refractivity contribution in [2.24, 2.45) is 5.92 Å². The number of benzene rings is 2. The van der Waals surface area contributed by atoms with Crippen LogP contribution in [0.15, 0.2) is 100 Å². The fraction of sp³-hybridized carbons (Fsp3) is 0.500. The first-order valence-corrected chi connectivity index (χ1v) is 17.3. The van der Waals surface area contributed by atoms with E-state index in [0.29, 0.717) is 5.92 Å². The molecular formula is C42H58O5. The van der Waals surface area contributed by atoms with Gasteiger partial charge in [0.25, 0.3) is 0 Å². The van der Waals surface area contributed by atoms with E-state index in [-0.39, 0.29) is 25.3 Å². The van der Waals surface area contributed by atoms with Crippen molar-refractivity contribution in [1.82, 2.24) is 0 Å². The van der Waals surface area contributed by atoms with E-state index in [0.717, 1.165) is 85.3 Å². The highest BCUT2D eigenvalue weighted by Gasteiger charge is 2.41. The molecule has 0 fully saturated rings. The predicted octanol–water partition coefficient (Wildman–Crippen LogP) is 9.84. The standard InChI is InChI=1S/C42H58O5/c1-30(2)13-10-15-34(29-44)16-11-14-31(3)21-23-35-24-26-40(37(33(35)5)25-22-32(4)27-28-43)47-41(45)42(6,46-7)39-20-12-18-36-17-8-9-19-38(36)39/h8-9,12-13,16-21,27,35,40,43-44H,10-11,14-15,22-26,28-29H2,1-7H3/b31-21+,32-27+,34-16-/t35-,40+,42-/m0/s1. The first-order valence-electron chi connectivity index (χ1n) is 17.3. The van der Waals surface area contributed by atoms with E-state index >= 15 is 0 Å². The van der Waals surface area contributed by atoms with Crippen molar-refractivity contribution in [3.8, 4) is 0 Å². The number of rotatable bonds is 17. The second-order valence-corrected chi connectivity index (χ2v) is 13.5. The van der Waals surface area contributed by atoms with Gasteiger partial charge in [0.15, 0.2) is 5.60 Å². The average Bonchev–Trinajstić information content (AvgIpc) is 3.06. The molecule has 0 saturated carbocycles. The van der Waals surface area contributed by atoms with Crippen molar-refractivity contribution >= 4 is 16.7 Å². The number of aliphatic hydroxyl groups is 2. The molecule has 2 aromatic carbocycles. The molecule has 0 bridgehead atoms. The molecule has 3 atom stereocenters. The number of aliphatic hydroxyl groups excluding tert-OH is 2. The van der Waals surface area contributed by atoms with Crippen LogP contribution >= 0.6 is 0 Å². The van der Waals surface area contributed by atoms with Crippen LogP contribution in [0.4, 0.5) is 0 Å². The summed E-state index contributed by atoms with van der Waals surface area (Å²) in [5, 5.41) is 21.2. The van der Waals surface area contributed by atoms with Crippen LogP contribution in [0, 0.1) is 5.92 Å². The molecule has 5 nitrogen and oxygen atoms in total. The SMILES string of the molecule is CO[C@](C)(C(=O)O[C@@H]1CC[C@H](C/C=C(\C)CC/C=C(\CO)CCC=C(C)C)C(C)=C1CC/C(C)=C/CO)c1cccc2ccccc12. The summed E-state index contributed by atoms with van der Waals surface area (Å²) in [5.41, 5.74) is 6.96. The van der Waals surface area contributed by atoms with Crippen molar-refractivity contribution < 1.29 is 24.5 Å². The molecule has 0 amide bonds. The fourth-order valence-corrected chi connectivity index (χ4v) is 6.56. The Hall–Kier alpha value is -3.25. The maximum Gasteiger partial charge on any atom is 0.343 e. The molecule has 0 unspecified atom stereocenters. The molecular weight excluding hydrogens is 584 g/mol. The molecule has 1 aliphatic rings. The van der Waals surface area contributed by atoms with Crippen LogP contribution in [0.5, 0.6) is 0 Å². The number of hydrogen-bond acceptors (Lipinski definition) is 5. The molecule has 0 heterocycles. The van der Waals surface area contributed by atoms with E-state index in [1.54, 1.807) is 7.11 Å². The highest BCUT2D eigenvalue weighted by molar-refractivity contribution is 5.92. The number of carbonyl (C=O) groups excluding carboxylic acids is 1. The Morgan fingerprint density at radius 2 is 1.60 bits per heavy atom. The first kappa shape index (κ1) is 38.2. The lowest BCUT2D eigenvalue weighted by atomic mass is 9.78. The second kappa shape index (κ2) is 18.9. The van der Waals surface area contributed by atoms with Gasteiger partial charge in [-0.3, -0.25) is 0 Å². The van der Waals surface area contributed by atoms with Crippen LogP contribution in [-0.2, 0) is 19.9 Å². The van der Waals surface area contributed by atoms with Gasteiger partial charge in [-0.05, 0) is 127 Å².